The number of rotatable bonds is 8. The normalized spacial score (nSPS) is 17.1. The van der Waals surface area contributed by atoms with E-state index in [4.69, 9.17) is 15.5 Å². The Balaban J connectivity index is 1.64. The van der Waals surface area contributed by atoms with Crippen molar-refractivity contribution in [1.82, 2.24) is 10.2 Å². The zero-order valence-electron chi connectivity index (χ0n) is 18.8. The molecule has 1 atom stereocenters. The SMILES string of the molecule is CC1CCCCN1C(=Nc1ccc(OCc2cccc(OC(F)(F)F)c2)cc1)NCCCN. The van der Waals surface area contributed by atoms with Gasteiger partial charge in [0.1, 0.15) is 18.1 Å². The average Bonchev–Trinajstić information content (AvgIpc) is 2.78. The van der Waals surface area contributed by atoms with Crippen LogP contribution in [-0.2, 0) is 6.61 Å². The van der Waals surface area contributed by atoms with Gasteiger partial charge in [0.25, 0.3) is 0 Å². The first-order valence-electron chi connectivity index (χ1n) is 11.2. The molecule has 1 fully saturated rings. The number of benzene rings is 2. The summed E-state index contributed by atoms with van der Waals surface area (Å²) < 4.78 is 46.9. The second-order valence-electron chi connectivity index (χ2n) is 8.02. The second kappa shape index (κ2) is 11.8. The highest BCUT2D eigenvalue weighted by atomic mass is 19.4. The monoisotopic (exact) mass is 464 g/mol. The van der Waals surface area contributed by atoms with Crippen molar-refractivity contribution in [3.8, 4) is 11.5 Å². The predicted octanol–water partition coefficient (Wildman–Crippen LogP) is 4.96. The lowest BCUT2D eigenvalue weighted by Crippen LogP contribution is -2.48. The Morgan fingerprint density at radius 1 is 1.15 bits per heavy atom. The van der Waals surface area contributed by atoms with Gasteiger partial charge in [-0.3, -0.25) is 0 Å². The quantitative estimate of drug-likeness (QED) is 0.328. The highest BCUT2D eigenvalue weighted by molar-refractivity contribution is 5.83. The molecule has 2 aromatic rings. The Morgan fingerprint density at radius 2 is 1.94 bits per heavy atom. The summed E-state index contributed by atoms with van der Waals surface area (Å²) in [5, 5.41) is 3.42. The maximum atomic E-state index is 12.4. The van der Waals surface area contributed by atoms with Crippen molar-refractivity contribution in [1.29, 1.82) is 0 Å². The molecule has 9 heteroatoms. The molecule has 1 heterocycles. The van der Waals surface area contributed by atoms with Crippen molar-refractivity contribution in [2.75, 3.05) is 19.6 Å². The highest BCUT2D eigenvalue weighted by Crippen LogP contribution is 2.25. The Bertz CT molecular complexity index is 903. The summed E-state index contributed by atoms with van der Waals surface area (Å²) in [5.41, 5.74) is 6.99. The number of nitrogens with zero attached hydrogens (tertiary/aromatic N) is 2. The number of aliphatic imine (C=N–C) groups is 1. The van der Waals surface area contributed by atoms with Crippen LogP contribution in [0.4, 0.5) is 18.9 Å². The third kappa shape index (κ3) is 8.16. The third-order valence-electron chi connectivity index (χ3n) is 5.35. The van der Waals surface area contributed by atoms with E-state index >= 15 is 0 Å². The van der Waals surface area contributed by atoms with Crippen LogP contribution in [0.3, 0.4) is 0 Å². The first-order valence-corrected chi connectivity index (χ1v) is 11.2. The molecule has 0 amide bonds. The molecule has 33 heavy (non-hydrogen) atoms. The van der Waals surface area contributed by atoms with Gasteiger partial charge >= 0.3 is 6.36 Å². The van der Waals surface area contributed by atoms with E-state index in [-0.39, 0.29) is 12.4 Å². The van der Waals surface area contributed by atoms with Crippen LogP contribution in [0.25, 0.3) is 0 Å². The number of likely N-dealkylation sites (tertiary alicyclic amines) is 1. The molecule has 0 spiro atoms. The van der Waals surface area contributed by atoms with E-state index in [9.17, 15) is 13.2 Å². The molecule has 1 saturated heterocycles. The Morgan fingerprint density at radius 3 is 2.64 bits per heavy atom. The molecule has 1 aliphatic rings. The van der Waals surface area contributed by atoms with E-state index in [2.05, 4.69) is 21.9 Å². The van der Waals surface area contributed by atoms with Crippen LogP contribution in [0.5, 0.6) is 11.5 Å². The zero-order chi connectivity index (χ0) is 23.7. The van der Waals surface area contributed by atoms with Crippen LogP contribution in [-0.4, -0.2) is 42.9 Å². The highest BCUT2D eigenvalue weighted by Gasteiger charge is 2.31. The van der Waals surface area contributed by atoms with Gasteiger partial charge < -0.3 is 25.4 Å². The van der Waals surface area contributed by atoms with Gasteiger partial charge in [-0.15, -0.1) is 13.2 Å². The summed E-state index contributed by atoms with van der Waals surface area (Å²) >= 11 is 0. The minimum Gasteiger partial charge on any atom is -0.489 e. The number of nitrogens with two attached hydrogens (primary N) is 1. The molecule has 0 aliphatic carbocycles. The Labute approximate surface area is 192 Å². The zero-order valence-corrected chi connectivity index (χ0v) is 18.8. The fourth-order valence-electron chi connectivity index (χ4n) is 3.66. The third-order valence-corrected chi connectivity index (χ3v) is 5.35. The predicted molar refractivity (Wildman–Crippen MR) is 123 cm³/mol. The molecular formula is C24H31F3N4O2. The van der Waals surface area contributed by atoms with Gasteiger partial charge in [-0.1, -0.05) is 12.1 Å². The number of alkyl halides is 3. The molecule has 180 valence electrons. The molecular weight excluding hydrogens is 433 g/mol. The number of guanidine groups is 1. The number of hydrogen-bond acceptors (Lipinski definition) is 4. The largest absolute Gasteiger partial charge is 0.573 e. The van der Waals surface area contributed by atoms with Crippen LogP contribution in [0, 0.1) is 0 Å². The van der Waals surface area contributed by atoms with Gasteiger partial charge in [0, 0.05) is 19.1 Å². The lowest BCUT2D eigenvalue weighted by atomic mass is 10.0. The van der Waals surface area contributed by atoms with Gasteiger partial charge in [0.2, 0.25) is 0 Å². The van der Waals surface area contributed by atoms with Gasteiger partial charge in [0.05, 0.1) is 5.69 Å². The molecule has 2 aromatic carbocycles. The van der Waals surface area contributed by atoms with E-state index < -0.39 is 6.36 Å². The average molecular weight is 465 g/mol. The van der Waals surface area contributed by atoms with E-state index in [1.54, 1.807) is 18.2 Å². The van der Waals surface area contributed by atoms with Gasteiger partial charge in [0.15, 0.2) is 5.96 Å². The molecule has 0 radical (unpaired) electrons. The number of ether oxygens (including phenoxy) is 2. The van der Waals surface area contributed by atoms with Gasteiger partial charge in [-0.05, 0) is 81.1 Å². The van der Waals surface area contributed by atoms with Crippen molar-refractivity contribution in [2.24, 2.45) is 10.7 Å². The molecule has 3 N–H and O–H groups in total. The van der Waals surface area contributed by atoms with Crippen LogP contribution in [0.15, 0.2) is 53.5 Å². The lowest BCUT2D eigenvalue weighted by molar-refractivity contribution is -0.274. The summed E-state index contributed by atoms with van der Waals surface area (Å²) in [6.07, 6.45) is -0.350. The minimum atomic E-state index is -4.72. The molecule has 6 nitrogen and oxygen atoms in total. The summed E-state index contributed by atoms with van der Waals surface area (Å²) in [6, 6.07) is 13.5. The summed E-state index contributed by atoms with van der Waals surface area (Å²) in [6.45, 7) is 4.68. The topological polar surface area (TPSA) is 72.1 Å². The summed E-state index contributed by atoms with van der Waals surface area (Å²) in [4.78, 5) is 7.13. The molecule has 1 unspecified atom stereocenters. The van der Waals surface area contributed by atoms with Crippen LogP contribution < -0.4 is 20.5 Å². The lowest BCUT2D eigenvalue weighted by Gasteiger charge is -2.36. The summed E-state index contributed by atoms with van der Waals surface area (Å²) in [5.74, 6) is 1.18. The molecule has 0 saturated carbocycles. The van der Waals surface area contributed by atoms with Crippen molar-refractivity contribution in [3.63, 3.8) is 0 Å². The van der Waals surface area contributed by atoms with E-state index in [1.165, 1.54) is 24.6 Å². The fraction of sp³-hybridized carbons (Fsp3) is 0.458. The number of halogens is 3. The fourth-order valence-corrected chi connectivity index (χ4v) is 3.66. The number of piperidine rings is 1. The Kier molecular flexibility index (Phi) is 8.82. The van der Waals surface area contributed by atoms with Crippen LogP contribution in [0.1, 0.15) is 38.2 Å². The van der Waals surface area contributed by atoms with E-state index in [0.29, 0.717) is 23.9 Å². The minimum absolute atomic E-state index is 0.120. The summed E-state index contributed by atoms with van der Waals surface area (Å²) in [7, 11) is 0. The first kappa shape index (κ1) is 24.7. The molecule has 1 aliphatic heterocycles. The number of nitrogens with one attached hydrogen (secondary N) is 1. The maximum absolute atomic E-state index is 12.4. The molecule has 0 aromatic heterocycles. The van der Waals surface area contributed by atoms with Gasteiger partial charge in [-0.2, -0.15) is 0 Å². The standard InChI is InChI=1S/C24H31F3N4O2/c1-18-6-2-3-15-31(18)23(29-14-5-13-28)30-20-9-11-21(12-10-20)32-17-19-7-4-8-22(16-19)33-24(25,26)27/h4,7-12,16,18H,2-3,5-6,13-15,17,28H2,1H3,(H,29,30). The first-order chi connectivity index (χ1) is 15.8. The van der Waals surface area contributed by atoms with E-state index in [1.807, 2.05) is 12.1 Å². The van der Waals surface area contributed by atoms with Crippen molar-refractivity contribution >= 4 is 11.6 Å². The number of hydrogen-bond donors (Lipinski definition) is 2. The second-order valence-corrected chi connectivity index (χ2v) is 8.02. The van der Waals surface area contributed by atoms with E-state index in [0.717, 1.165) is 44.0 Å². The Hall–Kier alpha value is -2.94. The van der Waals surface area contributed by atoms with Crippen molar-refractivity contribution < 1.29 is 22.6 Å². The van der Waals surface area contributed by atoms with Crippen molar-refractivity contribution in [3.05, 3.63) is 54.1 Å². The molecule has 0 bridgehead atoms. The van der Waals surface area contributed by atoms with Crippen LogP contribution in [0.2, 0.25) is 0 Å². The maximum Gasteiger partial charge on any atom is 0.573 e. The van der Waals surface area contributed by atoms with Crippen LogP contribution >= 0.6 is 0 Å². The van der Waals surface area contributed by atoms with Gasteiger partial charge in [-0.25, -0.2) is 4.99 Å². The molecule has 3 rings (SSSR count). The van der Waals surface area contributed by atoms with Crippen molar-refractivity contribution in [2.45, 2.75) is 51.6 Å². The smallest absolute Gasteiger partial charge is 0.489 e.